The summed E-state index contributed by atoms with van der Waals surface area (Å²) in [4.78, 5) is 3.78. The number of hydrogen-bond donors (Lipinski definition) is 1. The molecule has 0 aliphatic carbocycles. The molecule has 0 amide bonds. The topological polar surface area (TPSA) is 38.4 Å². The quantitative estimate of drug-likeness (QED) is 0.503. The van der Waals surface area contributed by atoms with Gasteiger partial charge in [-0.05, 0) is 6.92 Å². The highest BCUT2D eigenvalue weighted by molar-refractivity contribution is 5.59. The van der Waals surface area contributed by atoms with Crippen LogP contribution < -0.4 is 5.73 Å². The SMILES string of the molecule is C/C=C\N=CCN. The molecular weight excluding hydrogens is 88.1 g/mol. The van der Waals surface area contributed by atoms with E-state index in [4.69, 9.17) is 5.73 Å². The molecule has 0 aromatic rings. The van der Waals surface area contributed by atoms with Gasteiger partial charge in [-0.1, -0.05) is 6.08 Å². The number of nitrogens with zero attached hydrogens (tertiary/aromatic N) is 1. The van der Waals surface area contributed by atoms with Crippen LogP contribution in [0.4, 0.5) is 0 Å². The van der Waals surface area contributed by atoms with E-state index in [1.54, 1.807) is 12.4 Å². The van der Waals surface area contributed by atoms with Crippen molar-refractivity contribution in [2.24, 2.45) is 10.7 Å². The zero-order valence-corrected chi connectivity index (χ0v) is 4.46. The van der Waals surface area contributed by atoms with Crippen LogP contribution >= 0.6 is 0 Å². The summed E-state index contributed by atoms with van der Waals surface area (Å²) >= 11 is 0. The fourth-order valence-electron chi connectivity index (χ4n) is 0.208. The lowest BCUT2D eigenvalue weighted by Crippen LogP contribution is -1.97. The van der Waals surface area contributed by atoms with Gasteiger partial charge in [0.05, 0.1) is 0 Å². The molecule has 0 saturated carbocycles. The maximum atomic E-state index is 5.09. The molecule has 2 N–H and O–H groups in total. The van der Waals surface area contributed by atoms with Crippen molar-refractivity contribution in [3.05, 3.63) is 12.3 Å². The first kappa shape index (κ1) is 6.37. The van der Waals surface area contributed by atoms with Crippen molar-refractivity contribution in [1.82, 2.24) is 0 Å². The highest BCUT2D eigenvalue weighted by Gasteiger charge is 1.57. The smallest absolute Gasteiger partial charge is 0.0283 e. The molecule has 0 aromatic heterocycles. The Bertz CT molecular complexity index is 74.1. The van der Waals surface area contributed by atoms with E-state index < -0.39 is 0 Å². The molecule has 0 radical (unpaired) electrons. The molecule has 0 fully saturated rings. The Morgan fingerprint density at radius 3 is 2.86 bits per heavy atom. The van der Waals surface area contributed by atoms with E-state index in [-0.39, 0.29) is 0 Å². The van der Waals surface area contributed by atoms with Crippen molar-refractivity contribution in [3.63, 3.8) is 0 Å². The van der Waals surface area contributed by atoms with Crippen molar-refractivity contribution >= 4 is 6.21 Å². The number of rotatable bonds is 2. The van der Waals surface area contributed by atoms with Gasteiger partial charge in [0, 0.05) is 19.0 Å². The summed E-state index contributed by atoms with van der Waals surface area (Å²) in [5, 5.41) is 0. The fourth-order valence-corrected chi connectivity index (χ4v) is 0.208. The predicted octanol–water partition coefficient (Wildman–Crippen LogP) is 0.550. The Balaban J connectivity index is 3.09. The van der Waals surface area contributed by atoms with Crippen LogP contribution in [0.15, 0.2) is 17.3 Å². The monoisotopic (exact) mass is 98.1 g/mol. The van der Waals surface area contributed by atoms with Crippen LogP contribution in [0.25, 0.3) is 0 Å². The molecule has 0 rings (SSSR count). The van der Waals surface area contributed by atoms with Gasteiger partial charge < -0.3 is 5.73 Å². The van der Waals surface area contributed by atoms with E-state index in [0.717, 1.165) is 0 Å². The summed E-state index contributed by atoms with van der Waals surface area (Å²) in [6.45, 7) is 2.43. The Morgan fingerprint density at radius 2 is 2.43 bits per heavy atom. The van der Waals surface area contributed by atoms with Gasteiger partial charge in [0.25, 0.3) is 0 Å². The predicted molar refractivity (Wildman–Crippen MR) is 32.4 cm³/mol. The summed E-state index contributed by atoms with van der Waals surface area (Å²) in [7, 11) is 0. The third-order valence-corrected chi connectivity index (χ3v) is 0.446. The lowest BCUT2D eigenvalue weighted by molar-refractivity contribution is 1.33. The molecule has 0 bridgehead atoms. The van der Waals surface area contributed by atoms with E-state index in [2.05, 4.69) is 4.99 Å². The summed E-state index contributed by atoms with van der Waals surface area (Å²) in [5.41, 5.74) is 5.09. The van der Waals surface area contributed by atoms with Gasteiger partial charge in [0.1, 0.15) is 0 Å². The van der Waals surface area contributed by atoms with Crippen molar-refractivity contribution < 1.29 is 0 Å². The van der Waals surface area contributed by atoms with Gasteiger partial charge in [0.15, 0.2) is 0 Å². The number of aliphatic imine (C=N–C) groups is 1. The Morgan fingerprint density at radius 1 is 1.71 bits per heavy atom. The van der Waals surface area contributed by atoms with E-state index in [9.17, 15) is 0 Å². The molecule has 0 atom stereocenters. The van der Waals surface area contributed by atoms with Crippen molar-refractivity contribution in [3.8, 4) is 0 Å². The third-order valence-electron chi connectivity index (χ3n) is 0.446. The zero-order valence-electron chi connectivity index (χ0n) is 4.46. The minimum absolute atomic E-state index is 0.518. The summed E-state index contributed by atoms with van der Waals surface area (Å²) < 4.78 is 0. The Kier molecular flexibility index (Phi) is 4.89. The molecule has 7 heavy (non-hydrogen) atoms. The lowest BCUT2D eigenvalue weighted by atomic mass is 10.7. The Hall–Kier alpha value is -0.630. The summed E-state index contributed by atoms with van der Waals surface area (Å²) in [6.07, 6.45) is 5.21. The second-order valence-electron chi connectivity index (χ2n) is 1.05. The first-order valence-corrected chi connectivity index (χ1v) is 2.24. The Labute approximate surface area is 43.7 Å². The van der Waals surface area contributed by atoms with E-state index in [1.165, 1.54) is 0 Å². The van der Waals surface area contributed by atoms with Crippen molar-refractivity contribution in [2.75, 3.05) is 6.54 Å². The lowest BCUT2D eigenvalue weighted by Gasteiger charge is -1.72. The summed E-state index contributed by atoms with van der Waals surface area (Å²) in [5.74, 6) is 0. The molecular formula is C5H10N2. The fraction of sp³-hybridized carbons (Fsp3) is 0.400. The summed E-state index contributed by atoms with van der Waals surface area (Å²) in [6, 6.07) is 0. The van der Waals surface area contributed by atoms with Crippen LogP contribution in [-0.4, -0.2) is 12.8 Å². The van der Waals surface area contributed by atoms with Crippen molar-refractivity contribution in [2.45, 2.75) is 6.92 Å². The number of hydrogen-bond acceptors (Lipinski definition) is 2. The van der Waals surface area contributed by atoms with E-state index in [1.807, 2.05) is 13.0 Å². The number of nitrogens with two attached hydrogens (primary N) is 1. The first-order chi connectivity index (χ1) is 3.41. The van der Waals surface area contributed by atoms with Gasteiger partial charge in [0.2, 0.25) is 0 Å². The van der Waals surface area contributed by atoms with Crippen LogP contribution in [0.1, 0.15) is 6.92 Å². The van der Waals surface area contributed by atoms with Crippen LogP contribution in [0.2, 0.25) is 0 Å². The normalized spacial score (nSPS) is 11.7. The molecule has 2 nitrogen and oxygen atoms in total. The van der Waals surface area contributed by atoms with Crippen LogP contribution in [0, 0.1) is 0 Å². The molecule has 0 aliphatic rings. The maximum Gasteiger partial charge on any atom is 0.0283 e. The van der Waals surface area contributed by atoms with Gasteiger partial charge >= 0.3 is 0 Å². The molecule has 0 aromatic carbocycles. The molecule has 2 heteroatoms. The average molecular weight is 98.1 g/mol. The van der Waals surface area contributed by atoms with Crippen LogP contribution in [0.3, 0.4) is 0 Å². The minimum Gasteiger partial charge on any atom is -0.326 e. The van der Waals surface area contributed by atoms with Crippen molar-refractivity contribution in [1.29, 1.82) is 0 Å². The molecule has 0 spiro atoms. The van der Waals surface area contributed by atoms with E-state index >= 15 is 0 Å². The molecule has 0 unspecified atom stereocenters. The average Bonchev–Trinajstić information content (AvgIpc) is 1.69. The molecule has 0 heterocycles. The minimum atomic E-state index is 0.518. The highest BCUT2D eigenvalue weighted by atomic mass is 14.7. The van der Waals surface area contributed by atoms with Crippen LogP contribution in [0.5, 0.6) is 0 Å². The van der Waals surface area contributed by atoms with Crippen LogP contribution in [-0.2, 0) is 0 Å². The van der Waals surface area contributed by atoms with Gasteiger partial charge in [-0.3, -0.25) is 4.99 Å². The zero-order chi connectivity index (χ0) is 5.54. The molecule has 0 saturated heterocycles. The van der Waals surface area contributed by atoms with E-state index in [0.29, 0.717) is 6.54 Å². The maximum absolute atomic E-state index is 5.09. The standard InChI is InChI=1S/C5H10N2/c1-2-4-7-5-3-6/h2,4-5H,3,6H2,1H3/b4-2-,7-5?. The molecule has 0 aliphatic heterocycles. The number of allylic oxidation sites excluding steroid dienone is 1. The van der Waals surface area contributed by atoms with Gasteiger partial charge in [-0.25, -0.2) is 0 Å². The molecule has 40 valence electrons. The first-order valence-electron chi connectivity index (χ1n) is 2.24. The second kappa shape index (κ2) is 5.37. The van der Waals surface area contributed by atoms with Gasteiger partial charge in [-0.15, -0.1) is 0 Å². The van der Waals surface area contributed by atoms with Gasteiger partial charge in [-0.2, -0.15) is 0 Å². The third kappa shape index (κ3) is 5.37. The second-order valence-corrected chi connectivity index (χ2v) is 1.05. The highest BCUT2D eigenvalue weighted by Crippen LogP contribution is 1.67. The largest absolute Gasteiger partial charge is 0.326 e.